The molecule has 2 aromatic rings. The molecule has 0 aliphatic heterocycles. The summed E-state index contributed by atoms with van der Waals surface area (Å²) >= 11 is 0. The third kappa shape index (κ3) is 4.97. The number of rotatable bonds is 7. The number of benzene rings is 2. The van der Waals surface area contributed by atoms with Crippen molar-refractivity contribution >= 4 is 12.0 Å². The topological polar surface area (TPSA) is 59.3 Å². The number of para-hydroxylation sites is 2. The Bertz CT molecular complexity index is 831. The Kier molecular flexibility index (Phi) is 6.99. The summed E-state index contributed by atoms with van der Waals surface area (Å²) in [6.45, 7) is 6.63. The van der Waals surface area contributed by atoms with Gasteiger partial charge in [0.25, 0.3) is 0 Å². The molecule has 0 saturated heterocycles. The molecule has 0 bridgehead atoms. The third-order valence-corrected chi connectivity index (χ3v) is 3.76. The van der Waals surface area contributed by atoms with Gasteiger partial charge < -0.3 is 9.47 Å². The molecule has 0 amide bonds. The molecule has 2 rings (SSSR count). The quantitative estimate of drug-likeness (QED) is 0.301. The number of carbonyl (C=O) groups is 1. The summed E-state index contributed by atoms with van der Waals surface area (Å²) in [7, 11) is 0. The molecule has 0 aliphatic carbocycles. The molecule has 0 aliphatic rings. The molecule has 0 spiro atoms. The molecular weight excluding hydrogens is 326 g/mol. The van der Waals surface area contributed by atoms with Crippen LogP contribution in [0.1, 0.15) is 44.2 Å². The molecule has 26 heavy (non-hydrogen) atoms. The average molecular weight is 349 g/mol. The molecule has 0 heterocycles. The van der Waals surface area contributed by atoms with Gasteiger partial charge >= 0.3 is 5.97 Å². The fraction of sp³-hybridized carbons (Fsp3) is 0.273. The van der Waals surface area contributed by atoms with Crippen molar-refractivity contribution in [2.45, 2.75) is 33.1 Å². The van der Waals surface area contributed by atoms with Crippen molar-refractivity contribution in [3.05, 3.63) is 65.2 Å². The summed E-state index contributed by atoms with van der Waals surface area (Å²) in [5, 5.41) is 9.42. The SMILES string of the molecule is CCCOc1ccccc1/C=C(\C#N)C(=O)Oc1ccccc1C(C)C. The van der Waals surface area contributed by atoms with Gasteiger partial charge in [0.05, 0.1) is 6.61 Å². The van der Waals surface area contributed by atoms with Gasteiger partial charge in [-0.25, -0.2) is 4.79 Å². The highest BCUT2D eigenvalue weighted by Gasteiger charge is 2.16. The van der Waals surface area contributed by atoms with E-state index in [9.17, 15) is 10.1 Å². The minimum atomic E-state index is -0.675. The van der Waals surface area contributed by atoms with Crippen LogP contribution in [0.2, 0.25) is 0 Å². The van der Waals surface area contributed by atoms with Gasteiger partial charge in [-0.3, -0.25) is 0 Å². The number of esters is 1. The fourth-order valence-electron chi connectivity index (χ4n) is 2.44. The molecule has 0 atom stereocenters. The lowest BCUT2D eigenvalue weighted by atomic mass is 10.0. The lowest BCUT2D eigenvalue weighted by Crippen LogP contribution is -2.12. The van der Waals surface area contributed by atoms with Crippen LogP contribution in [0.25, 0.3) is 6.08 Å². The molecule has 4 nitrogen and oxygen atoms in total. The molecule has 0 saturated carbocycles. The van der Waals surface area contributed by atoms with Crippen molar-refractivity contribution < 1.29 is 14.3 Å². The van der Waals surface area contributed by atoms with Crippen molar-refractivity contribution in [2.24, 2.45) is 0 Å². The van der Waals surface area contributed by atoms with E-state index in [1.807, 2.05) is 57.2 Å². The summed E-state index contributed by atoms with van der Waals surface area (Å²) in [6, 6.07) is 16.6. The molecule has 0 radical (unpaired) electrons. The Hall–Kier alpha value is -3.06. The normalized spacial score (nSPS) is 11.1. The minimum absolute atomic E-state index is 0.0730. The number of carbonyl (C=O) groups excluding carboxylic acids is 1. The Labute approximate surface area is 154 Å². The predicted molar refractivity (Wildman–Crippen MR) is 102 cm³/mol. The van der Waals surface area contributed by atoms with Crippen LogP contribution in [0, 0.1) is 11.3 Å². The molecule has 134 valence electrons. The maximum absolute atomic E-state index is 12.5. The van der Waals surface area contributed by atoms with Crippen LogP contribution in [0.3, 0.4) is 0 Å². The van der Waals surface area contributed by atoms with Crippen LogP contribution < -0.4 is 9.47 Å². The van der Waals surface area contributed by atoms with Gasteiger partial charge in [-0.2, -0.15) is 5.26 Å². The van der Waals surface area contributed by atoms with E-state index in [0.29, 0.717) is 23.7 Å². The van der Waals surface area contributed by atoms with Crippen LogP contribution in [-0.2, 0) is 4.79 Å². The highest BCUT2D eigenvalue weighted by molar-refractivity contribution is 5.99. The first-order valence-electron chi connectivity index (χ1n) is 8.71. The van der Waals surface area contributed by atoms with Gasteiger partial charge in [0, 0.05) is 5.56 Å². The zero-order valence-electron chi connectivity index (χ0n) is 15.4. The third-order valence-electron chi connectivity index (χ3n) is 3.76. The van der Waals surface area contributed by atoms with E-state index < -0.39 is 5.97 Å². The van der Waals surface area contributed by atoms with Crippen LogP contribution >= 0.6 is 0 Å². The molecule has 0 unspecified atom stereocenters. The molecule has 0 N–H and O–H groups in total. The van der Waals surface area contributed by atoms with Crippen LogP contribution in [0.4, 0.5) is 0 Å². The molecule has 0 aromatic heterocycles. The van der Waals surface area contributed by atoms with E-state index in [1.54, 1.807) is 18.2 Å². The predicted octanol–water partition coefficient (Wildman–Crippen LogP) is 5.11. The lowest BCUT2D eigenvalue weighted by Gasteiger charge is -2.12. The number of nitrogens with zero attached hydrogens (tertiary/aromatic N) is 1. The fourth-order valence-corrected chi connectivity index (χ4v) is 2.44. The maximum atomic E-state index is 12.5. The van der Waals surface area contributed by atoms with Crippen molar-refractivity contribution in [3.8, 4) is 17.6 Å². The molecular formula is C22H23NO3. The Morgan fingerprint density at radius 3 is 2.42 bits per heavy atom. The van der Waals surface area contributed by atoms with Crippen molar-refractivity contribution in [1.82, 2.24) is 0 Å². The second kappa shape index (κ2) is 9.43. The van der Waals surface area contributed by atoms with E-state index in [1.165, 1.54) is 6.08 Å². The van der Waals surface area contributed by atoms with Crippen LogP contribution in [0.5, 0.6) is 11.5 Å². The standard InChI is InChI=1S/C22H23NO3/c1-4-13-25-20-11-7-5-9-17(20)14-18(15-23)22(24)26-21-12-8-6-10-19(21)16(2)3/h5-12,14,16H,4,13H2,1-3H3/b18-14+. The van der Waals surface area contributed by atoms with E-state index in [-0.39, 0.29) is 11.5 Å². The summed E-state index contributed by atoms with van der Waals surface area (Å²) in [4.78, 5) is 12.5. The number of nitriles is 1. The van der Waals surface area contributed by atoms with Gasteiger partial charge in [0.1, 0.15) is 23.1 Å². The molecule has 0 fully saturated rings. The number of ether oxygens (including phenoxy) is 2. The first kappa shape index (κ1) is 19.3. The van der Waals surface area contributed by atoms with Gasteiger partial charge in [-0.15, -0.1) is 0 Å². The summed E-state index contributed by atoms with van der Waals surface area (Å²) in [5.74, 6) is 0.643. The lowest BCUT2D eigenvalue weighted by molar-refractivity contribution is -0.129. The minimum Gasteiger partial charge on any atom is -0.493 e. The monoisotopic (exact) mass is 349 g/mol. The highest BCUT2D eigenvalue weighted by atomic mass is 16.5. The summed E-state index contributed by atoms with van der Waals surface area (Å²) in [6.07, 6.45) is 2.38. The second-order valence-corrected chi connectivity index (χ2v) is 6.14. The van der Waals surface area contributed by atoms with Gasteiger partial charge in [-0.1, -0.05) is 57.2 Å². The van der Waals surface area contributed by atoms with Crippen LogP contribution in [-0.4, -0.2) is 12.6 Å². The largest absolute Gasteiger partial charge is 0.493 e. The Balaban J connectivity index is 2.28. The Morgan fingerprint density at radius 1 is 1.12 bits per heavy atom. The summed E-state index contributed by atoms with van der Waals surface area (Å²) < 4.78 is 11.2. The summed E-state index contributed by atoms with van der Waals surface area (Å²) in [5.41, 5.74) is 1.52. The first-order chi connectivity index (χ1) is 12.6. The number of hydrogen-bond donors (Lipinski definition) is 0. The Morgan fingerprint density at radius 2 is 1.77 bits per heavy atom. The van der Waals surface area contributed by atoms with Crippen LogP contribution in [0.15, 0.2) is 54.1 Å². The van der Waals surface area contributed by atoms with Gasteiger partial charge in [-0.05, 0) is 36.1 Å². The average Bonchev–Trinajstić information content (AvgIpc) is 2.65. The van der Waals surface area contributed by atoms with E-state index in [0.717, 1.165) is 12.0 Å². The smallest absolute Gasteiger partial charge is 0.354 e. The number of hydrogen-bond acceptors (Lipinski definition) is 4. The first-order valence-corrected chi connectivity index (χ1v) is 8.71. The molecule has 2 aromatic carbocycles. The second-order valence-electron chi connectivity index (χ2n) is 6.14. The van der Waals surface area contributed by atoms with Crippen molar-refractivity contribution in [2.75, 3.05) is 6.61 Å². The highest BCUT2D eigenvalue weighted by Crippen LogP contribution is 2.27. The maximum Gasteiger partial charge on any atom is 0.354 e. The zero-order chi connectivity index (χ0) is 18.9. The van der Waals surface area contributed by atoms with Gasteiger partial charge in [0.2, 0.25) is 0 Å². The molecule has 4 heteroatoms. The zero-order valence-corrected chi connectivity index (χ0v) is 15.4. The van der Waals surface area contributed by atoms with E-state index >= 15 is 0 Å². The van der Waals surface area contributed by atoms with E-state index in [2.05, 4.69) is 0 Å². The van der Waals surface area contributed by atoms with Crippen molar-refractivity contribution in [1.29, 1.82) is 5.26 Å². The van der Waals surface area contributed by atoms with Crippen molar-refractivity contribution in [3.63, 3.8) is 0 Å². The van der Waals surface area contributed by atoms with Gasteiger partial charge in [0.15, 0.2) is 0 Å². The van der Waals surface area contributed by atoms with E-state index in [4.69, 9.17) is 9.47 Å².